The number of terminal acetylenes is 1. The predicted octanol–water partition coefficient (Wildman–Crippen LogP) is 2.52. The monoisotopic (exact) mass is 486 g/mol. The van der Waals surface area contributed by atoms with Crippen molar-refractivity contribution in [3.63, 3.8) is 0 Å². The van der Waals surface area contributed by atoms with Gasteiger partial charge in [-0.05, 0) is 48.1 Å². The van der Waals surface area contributed by atoms with Gasteiger partial charge in [-0.1, -0.05) is 18.1 Å². The van der Waals surface area contributed by atoms with Gasteiger partial charge in [-0.2, -0.15) is 0 Å². The third-order valence-electron chi connectivity index (χ3n) is 5.75. The van der Waals surface area contributed by atoms with Crippen LogP contribution >= 0.6 is 11.3 Å². The van der Waals surface area contributed by atoms with Crippen LogP contribution in [-0.4, -0.2) is 86.6 Å². The number of thiophene rings is 1. The first-order chi connectivity index (χ1) is 16.5. The molecule has 3 rings (SSSR count). The molecule has 0 radical (unpaired) electrons. The molecule has 1 aliphatic rings. The van der Waals surface area contributed by atoms with E-state index in [1.807, 2.05) is 41.0 Å². The first-order valence-electron chi connectivity index (χ1n) is 11.5. The summed E-state index contributed by atoms with van der Waals surface area (Å²) in [6, 6.07) is 9.87. The fourth-order valence-corrected chi connectivity index (χ4v) is 5.03. The van der Waals surface area contributed by atoms with E-state index in [2.05, 4.69) is 17.4 Å². The number of methoxy groups -OCH3 is 1. The lowest BCUT2D eigenvalue weighted by molar-refractivity contribution is -0.136. The van der Waals surface area contributed by atoms with Crippen molar-refractivity contribution in [3.05, 3.63) is 51.7 Å². The van der Waals surface area contributed by atoms with E-state index in [0.29, 0.717) is 32.8 Å². The van der Waals surface area contributed by atoms with Crippen LogP contribution in [-0.2, 0) is 20.7 Å². The molecule has 0 unspecified atom stereocenters. The molecule has 0 saturated carbocycles. The van der Waals surface area contributed by atoms with Crippen molar-refractivity contribution in [2.24, 2.45) is 0 Å². The zero-order valence-electron chi connectivity index (χ0n) is 19.9. The molecule has 0 bridgehead atoms. The number of aryl methyl sites for hydroxylation is 1. The average Bonchev–Trinajstić information content (AvgIpc) is 3.30. The number of aliphatic hydroxyl groups excluding tert-OH is 1. The number of nitrogens with zero attached hydrogens (tertiary/aromatic N) is 2. The number of ether oxygens (including phenoxy) is 3. The molecule has 0 spiro atoms. The summed E-state index contributed by atoms with van der Waals surface area (Å²) in [5, 5.41) is 12.4. The smallest absolute Gasteiger partial charge is 0.237 e. The number of amides is 1. The largest absolute Gasteiger partial charge is 0.491 e. The molecule has 0 fully saturated rings. The second kappa shape index (κ2) is 13.5. The molecule has 8 heteroatoms. The van der Waals surface area contributed by atoms with Crippen LogP contribution in [0.1, 0.15) is 22.0 Å². The van der Waals surface area contributed by atoms with Crippen molar-refractivity contribution >= 4 is 17.2 Å². The maximum absolute atomic E-state index is 13.5. The van der Waals surface area contributed by atoms with Gasteiger partial charge in [-0.3, -0.25) is 9.69 Å². The summed E-state index contributed by atoms with van der Waals surface area (Å²) in [5.74, 6) is 3.18. The van der Waals surface area contributed by atoms with Crippen LogP contribution in [0.4, 0.5) is 0 Å². The van der Waals surface area contributed by atoms with E-state index in [9.17, 15) is 9.90 Å². The highest BCUT2D eigenvalue weighted by Gasteiger charge is 2.33. The highest BCUT2D eigenvalue weighted by Crippen LogP contribution is 2.34. The fraction of sp³-hybridized carbons (Fsp3) is 0.500. The van der Waals surface area contributed by atoms with Crippen molar-refractivity contribution in [3.8, 4) is 18.1 Å². The van der Waals surface area contributed by atoms with Gasteiger partial charge in [0.15, 0.2) is 0 Å². The Bertz CT molecular complexity index is 957. The molecule has 0 saturated heterocycles. The van der Waals surface area contributed by atoms with Crippen LogP contribution in [0.15, 0.2) is 35.7 Å². The van der Waals surface area contributed by atoms with E-state index >= 15 is 0 Å². The number of carbonyl (C=O) groups is 1. The molecule has 1 amide bonds. The van der Waals surface area contributed by atoms with Crippen molar-refractivity contribution in [2.75, 3.05) is 59.7 Å². The molecule has 2 aromatic rings. The van der Waals surface area contributed by atoms with Gasteiger partial charge in [0, 0.05) is 31.6 Å². The number of benzene rings is 1. The Balaban J connectivity index is 1.68. The van der Waals surface area contributed by atoms with E-state index < -0.39 is 6.10 Å². The van der Waals surface area contributed by atoms with Crippen LogP contribution < -0.4 is 4.74 Å². The molecule has 1 N–H and O–H groups in total. The number of carbonyl (C=O) groups excluding carboxylic acids is 1. The number of hydrogen-bond acceptors (Lipinski definition) is 7. The van der Waals surface area contributed by atoms with Crippen LogP contribution in [0.25, 0.3) is 0 Å². The topological polar surface area (TPSA) is 71.5 Å². The van der Waals surface area contributed by atoms with Gasteiger partial charge in [-0.25, -0.2) is 0 Å². The van der Waals surface area contributed by atoms with Gasteiger partial charge in [0.25, 0.3) is 0 Å². The van der Waals surface area contributed by atoms with E-state index in [0.717, 1.165) is 23.3 Å². The minimum absolute atomic E-state index is 0.00235. The van der Waals surface area contributed by atoms with Crippen molar-refractivity contribution in [1.82, 2.24) is 9.80 Å². The highest BCUT2D eigenvalue weighted by molar-refractivity contribution is 7.10. The van der Waals surface area contributed by atoms with Crippen molar-refractivity contribution in [1.29, 1.82) is 0 Å². The Labute approximate surface area is 206 Å². The standard InChI is InChI=1S/C26H34N2O5S/c1-4-12-32-18-21(29)16-27(11-13-31-3)17-26(30)28-10-8-25-23(9-14-34-25)24(28)19-33-22-7-5-6-20(2)15-22/h1,5-7,9,14-15,21,24,29H,8,10-13,16-19H2,2-3H3/t21-,24+/m1/s1. The maximum Gasteiger partial charge on any atom is 0.237 e. The summed E-state index contributed by atoms with van der Waals surface area (Å²) in [7, 11) is 1.62. The molecule has 1 aromatic heterocycles. The van der Waals surface area contributed by atoms with Crippen molar-refractivity contribution < 1.29 is 24.1 Å². The third kappa shape index (κ3) is 7.55. The second-order valence-electron chi connectivity index (χ2n) is 8.38. The van der Waals surface area contributed by atoms with Gasteiger partial charge in [0.1, 0.15) is 19.0 Å². The molecular formula is C26H34N2O5S. The van der Waals surface area contributed by atoms with Crippen LogP contribution in [0, 0.1) is 19.3 Å². The van der Waals surface area contributed by atoms with Gasteiger partial charge in [0.2, 0.25) is 5.91 Å². The lowest BCUT2D eigenvalue weighted by Gasteiger charge is -2.37. The van der Waals surface area contributed by atoms with Gasteiger partial charge < -0.3 is 24.2 Å². The lowest BCUT2D eigenvalue weighted by atomic mass is 10.0. The van der Waals surface area contributed by atoms with Gasteiger partial charge in [-0.15, -0.1) is 17.8 Å². The number of hydrogen-bond donors (Lipinski definition) is 1. The number of fused-ring (bicyclic) bond motifs is 1. The number of rotatable bonds is 13. The van der Waals surface area contributed by atoms with Crippen molar-refractivity contribution in [2.45, 2.75) is 25.5 Å². The predicted molar refractivity (Wildman–Crippen MR) is 133 cm³/mol. The minimum Gasteiger partial charge on any atom is -0.491 e. The molecule has 1 aromatic carbocycles. The quantitative estimate of drug-likeness (QED) is 0.347. The molecular weight excluding hydrogens is 452 g/mol. The second-order valence-corrected chi connectivity index (χ2v) is 9.38. The maximum atomic E-state index is 13.5. The Hall–Kier alpha value is -2.41. The van der Waals surface area contributed by atoms with Crippen LogP contribution in [0.3, 0.4) is 0 Å². The Morgan fingerprint density at radius 2 is 2.26 bits per heavy atom. The molecule has 2 heterocycles. The summed E-state index contributed by atoms with van der Waals surface area (Å²) in [6.45, 7) is 4.78. The molecule has 1 aliphatic heterocycles. The average molecular weight is 487 g/mol. The van der Waals surface area contributed by atoms with E-state index in [-0.39, 0.29) is 31.7 Å². The number of aliphatic hydroxyl groups is 1. The lowest BCUT2D eigenvalue weighted by Crippen LogP contribution is -2.48. The Morgan fingerprint density at radius 3 is 3.03 bits per heavy atom. The highest BCUT2D eigenvalue weighted by atomic mass is 32.1. The summed E-state index contributed by atoms with van der Waals surface area (Å²) >= 11 is 1.73. The van der Waals surface area contributed by atoms with Crippen LogP contribution in [0.5, 0.6) is 5.75 Å². The van der Waals surface area contributed by atoms with E-state index in [4.69, 9.17) is 20.6 Å². The zero-order valence-corrected chi connectivity index (χ0v) is 20.8. The molecule has 0 aliphatic carbocycles. The summed E-state index contributed by atoms with van der Waals surface area (Å²) < 4.78 is 16.6. The Kier molecular flexibility index (Phi) is 10.4. The van der Waals surface area contributed by atoms with Gasteiger partial charge in [0.05, 0.1) is 31.9 Å². The van der Waals surface area contributed by atoms with E-state index in [1.165, 1.54) is 4.88 Å². The molecule has 2 atom stereocenters. The summed E-state index contributed by atoms with van der Waals surface area (Å²) in [5.41, 5.74) is 2.28. The third-order valence-corrected chi connectivity index (χ3v) is 6.74. The molecule has 184 valence electrons. The summed E-state index contributed by atoms with van der Waals surface area (Å²) in [6.07, 6.45) is 5.28. The SMILES string of the molecule is C#CCOC[C@H](O)CN(CCOC)CC(=O)N1CCc2sccc2[C@@H]1COc1cccc(C)c1. The summed E-state index contributed by atoms with van der Waals surface area (Å²) in [4.78, 5) is 18.6. The van der Waals surface area contributed by atoms with Crippen LogP contribution in [0.2, 0.25) is 0 Å². The first kappa shape index (κ1) is 26.2. The Morgan fingerprint density at radius 1 is 1.41 bits per heavy atom. The zero-order chi connectivity index (χ0) is 24.3. The first-order valence-corrected chi connectivity index (χ1v) is 12.4. The van der Waals surface area contributed by atoms with E-state index in [1.54, 1.807) is 18.4 Å². The molecule has 7 nitrogen and oxygen atoms in total. The minimum atomic E-state index is -0.747. The fourth-order valence-electron chi connectivity index (χ4n) is 4.10. The normalized spacial score (nSPS) is 16.2. The van der Waals surface area contributed by atoms with Gasteiger partial charge >= 0.3 is 0 Å². The molecule has 34 heavy (non-hydrogen) atoms.